The Bertz CT molecular complexity index is 218. The van der Waals surface area contributed by atoms with E-state index in [9.17, 15) is 4.79 Å². The van der Waals surface area contributed by atoms with E-state index < -0.39 is 12.0 Å². The van der Waals surface area contributed by atoms with Crippen LogP contribution >= 0.6 is 0 Å². The van der Waals surface area contributed by atoms with Crippen molar-refractivity contribution >= 4 is 5.97 Å². The first-order valence-corrected chi connectivity index (χ1v) is 3.53. The van der Waals surface area contributed by atoms with E-state index in [1.807, 2.05) is 18.2 Å². The lowest BCUT2D eigenvalue weighted by Gasteiger charge is -2.05. The molecule has 1 aliphatic rings. The van der Waals surface area contributed by atoms with Crippen LogP contribution in [-0.4, -0.2) is 17.1 Å². The van der Waals surface area contributed by atoms with Gasteiger partial charge in [0.15, 0.2) is 0 Å². The van der Waals surface area contributed by atoms with Gasteiger partial charge in [-0.3, -0.25) is 4.79 Å². The molecule has 0 saturated carbocycles. The molecule has 0 amide bonds. The summed E-state index contributed by atoms with van der Waals surface area (Å²) in [6.07, 6.45) is 7.14. The number of allylic oxidation sites excluding steroid dienone is 3. The molecule has 1 unspecified atom stereocenters. The van der Waals surface area contributed by atoms with Crippen molar-refractivity contribution in [3.8, 4) is 0 Å². The molecule has 3 heteroatoms. The number of rotatable bonds is 3. The third kappa shape index (κ3) is 2.20. The van der Waals surface area contributed by atoms with Crippen molar-refractivity contribution in [2.45, 2.75) is 18.9 Å². The van der Waals surface area contributed by atoms with Crippen molar-refractivity contribution in [3.63, 3.8) is 0 Å². The van der Waals surface area contributed by atoms with Gasteiger partial charge in [0.05, 0.1) is 0 Å². The molecule has 1 rings (SSSR count). The molecule has 0 heterocycles. The largest absolute Gasteiger partial charge is 0.480 e. The number of carbonyl (C=O) groups is 1. The second-order valence-corrected chi connectivity index (χ2v) is 2.61. The van der Waals surface area contributed by atoms with E-state index in [0.29, 0.717) is 6.42 Å². The van der Waals surface area contributed by atoms with Gasteiger partial charge >= 0.3 is 5.97 Å². The van der Waals surface area contributed by atoms with E-state index in [0.717, 1.165) is 12.0 Å². The molecule has 11 heavy (non-hydrogen) atoms. The Balaban J connectivity index is 2.37. The predicted octanol–water partition coefficient (Wildman–Crippen LogP) is 0.675. The van der Waals surface area contributed by atoms with Gasteiger partial charge in [-0.15, -0.1) is 0 Å². The molecule has 60 valence electrons. The van der Waals surface area contributed by atoms with Crippen molar-refractivity contribution in [2.24, 2.45) is 5.73 Å². The number of carboxylic acids is 1. The van der Waals surface area contributed by atoms with E-state index in [1.165, 1.54) is 0 Å². The van der Waals surface area contributed by atoms with Gasteiger partial charge in [0, 0.05) is 0 Å². The topological polar surface area (TPSA) is 63.3 Å². The highest BCUT2D eigenvalue weighted by molar-refractivity contribution is 5.73. The molecule has 0 aromatic rings. The quantitative estimate of drug-likeness (QED) is 0.626. The average Bonchev–Trinajstić information content (AvgIpc) is 2.39. The minimum Gasteiger partial charge on any atom is -0.480 e. The van der Waals surface area contributed by atoms with Crippen LogP contribution in [-0.2, 0) is 4.79 Å². The van der Waals surface area contributed by atoms with Crippen LogP contribution in [0.4, 0.5) is 0 Å². The van der Waals surface area contributed by atoms with Gasteiger partial charge in [0.1, 0.15) is 6.04 Å². The Morgan fingerprint density at radius 2 is 2.55 bits per heavy atom. The van der Waals surface area contributed by atoms with Crippen molar-refractivity contribution in [1.29, 1.82) is 0 Å². The van der Waals surface area contributed by atoms with Crippen LogP contribution in [0.3, 0.4) is 0 Å². The molecule has 1 aliphatic carbocycles. The lowest BCUT2D eigenvalue weighted by atomic mass is 10.1. The van der Waals surface area contributed by atoms with E-state index in [4.69, 9.17) is 10.8 Å². The Kier molecular flexibility index (Phi) is 2.44. The maximum Gasteiger partial charge on any atom is 0.320 e. The standard InChI is InChI=1S/C8H11NO2/c9-7(8(10)11)5-6-3-1-2-4-6/h1-3,7H,4-5,9H2,(H,10,11). The van der Waals surface area contributed by atoms with Crippen molar-refractivity contribution in [1.82, 2.24) is 0 Å². The molecule has 0 fully saturated rings. The van der Waals surface area contributed by atoms with Crippen LogP contribution in [0.15, 0.2) is 23.8 Å². The normalized spacial score (nSPS) is 18.1. The molecular formula is C8H11NO2. The molecule has 0 saturated heterocycles. The maximum atomic E-state index is 10.3. The zero-order valence-corrected chi connectivity index (χ0v) is 6.16. The van der Waals surface area contributed by atoms with E-state index in [2.05, 4.69) is 0 Å². The fraction of sp³-hybridized carbons (Fsp3) is 0.375. The van der Waals surface area contributed by atoms with Gasteiger partial charge in [-0.2, -0.15) is 0 Å². The maximum absolute atomic E-state index is 10.3. The molecule has 0 bridgehead atoms. The first kappa shape index (κ1) is 8.01. The van der Waals surface area contributed by atoms with Crippen LogP contribution in [0.2, 0.25) is 0 Å². The molecule has 0 aromatic carbocycles. The molecule has 3 nitrogen and oxygen atoms in total. The van der Waals surface area contributed by atoms with Crippen LogP contribution in [0.25, 0.3) is 0 Å². The second-order valence-electron chi connectivity index (χ2n) is 2.61. The van der Waals surface area contributed by atoms with Gasteiger partial charge in [-0.1, -0.05) is 23.8 Å². The first-order valence-electron chi connectivity index (χ1n) is 3.53. The summed E-state index contributed by atoms with van der Waals surface area (Å²) in [5.74, 6) is -0.933. The molecule has 1 atom stereocenters. The summed E-state index contributed by atoms with van der Waals surface area (Å²) >= 11 is 0. The number of carboxylic acid groups (broad SMARTS) is 1. The minimum atomic E-state index is -0.933. The Labute approximate surface area is 65.2 Å². The minimum absolute atomic E-state index is 0.461. The zero-order chi connectivity index (χ0) is 8.27. The van der Waals surface area contributed by atoms with Crippen LogP contribution in [0.5, 0.6) is 0 Å². The van der Waals surface area contributed by atoms with Gasteiger partial charge in [-0.05, 0) is 12.8 Å². The smallest absolute Gasteiger partial charge is 0.320 e. The van der Waals surface area contributed by atoms with Crippen LogP contribution < -0.4 is 5.73 Å². The lowest BCUT2D eigenvalue weighted by Crippen LogP contribution is -2.30. The van der Waals surface area contributed by atoms with Crippen molar-refractivity contribution < 1.29 is 9.90 Å². The molecule has 0 aliphatic heterocycles. The fourth-order valence-corrected chi connectivity index (χ4v) is 1.01. The number of aliphatic carboxylic acids is 1. The summed E-state index contributed by atoms with van der Waals surface area (Å²) in [6.45, 7) is 0. The first-order chi connectivity index (χ1) is 5.20. The van der Waals surface area contributed by atoms with E-state index in [-0.39, 0.29) is 0 Å². The molecule has 0 aromatic heterocycles. The summed E-state index contributed by atoms with van der Waals surface area (Å²) in [5, 5.41) is 8.47. The van der Waals surface area contributed by atoms with Gasteiger partial charge < -0.3 is 10.8 Å². The monoisotopic (exact) mass is 153 g/mol. The van der Waals surface area contributed by atoms with Crippen molar-refractivity contribution in [3.05, 3.63) is 23.8 Å². The van der Waals surface area contributed by atoms with E-state index in [1.54, 1.807) is 0 Å². The molecule has 0 radical (unpaired) electrons. The lowest BCUT2D eigenvalue weighted by molar-refractivity contribution is -0.138. The Morgan fingerprint density at radius 3 is 3.00 bits per heavy atom. The number of hydrogen-bond acceptors (Lipinski definition) is 2. The summed E-state index contributed by atoms with van der Waals surface area (Å²) in [6, 6.07) is -0.749. The molecule has 0 spiro atoms. The summed E-state index contributed by atoms with van der Waals surface area (Å²) in [4.78, 5) is 10.3. The number of hydrogen-bond donors (Lipinski definition) is 2. The summed E-state index contributed by atoms with van der Waals surface area (Å²) < 4.78 is 0. The number of nitrogens with two attached hydrogens (primary N) is 1. The third-order valence-electron chi connectivity index (χ3n) is 1.65. The highest BCUT2D eigenvalue weighted by Crippen LogP contribution is 2.15. The van der Waals surface area contributed by atoms with Crippen molar-refractivity contribution in [2.75, 3.05) is 0 Å². The molecule has 3 N–H and O–H groups in total. The molecular weight excluding hydrogens is 142 g/mol. The van der Waals surface area contributed by atoms with Gasteiger partial charge in [0.25, 0.3) is 0 Å². The zero-order valence-electron chi connectivity index (χ0n) is 6.16. The average molecular weight is 153 g/mol. The van der Waals surface area contributed by atoms with Crippen LogP contribution in [0, 0.1) is 0 Å². The highest BCUT2D eigenvalue weighted by Gasteiger charge is 2.13. The third-order valence-corrected chi connectivity index (χ3v) is 1.65. The summed E-state index contributed by atoms with van der Waals surface area (Å²) in [5.41, 5.74) is 6.43. The fourth-order valence-electron chi connectivity index (χ4n) is 1.01. The SMILES string of the molecule is NC(CC1=CC=CC1)C(=O)O. The second kappa shape index (κ2) is 3.34. The Morgan fingerprint density at radius 1 is 1.82 bits per heavy atom. The summed E-state index contributed by atoms with van der Waals surface area (Å²) in [7, 11) is 0. The van der Waals surface area contributed by atoms with Crippen LogP contribution in [0.1, 0.15) is 12.8 Å². The van der Waals surface area contributed by atoms with E-state index >= 15 is 0 Å². The van der Waals surface area contributed by atoms with Gasteiger partial charge in [0.2, 0.25) is 0 Å². The van der Waals surface area contributed by atoms with Gasteiger partial charge in [-0.25, -0.2) is 0 Å². The highest BCUT2D eigenvalue weighted by atomic mass is 16.4. The Hall–Kier alpha value is -1.09. The predicted molar refractivity (Wildman–Crippen MR) is 42.1 cm³/mol.